The first-order chi connectivity index (χ1) is 23.7. The van der Waals surface area contributed by atoms with Crippen molar-refractivity contribution in [1.82, 2.24) is 19.0 Å². The van der Waals surface area contributed by atoms with Gasteiger partial charge in [0.1, 0.15) is 11.3 Å². The second-order valence-electron chi connectivity index (χ2n) is 14.1. The predicted octanol–water partition coefficient (Wildman–Crippen LogP) is 6.28. The highest BCUT2D eigenvalue weighted by Crippen LogP contribution is 2.41. The van der Waals surface area contributed by atoms with Gasteiger partial charge in [-0.25, -0.2) is 4.98 Å². The number of fused-ring (bicyclic) bond motifs is 4. The molecule has 3 N–H and O–H groups in total. The van der Waals surface area contributed by atoms with Gasteiger partial charge in [0, 0.05) is 67.1 Å². The number of carbonyl (C=O) groups excluding carboxylic acids is 2. The van der Waals surface area contributed by atoms with Crippen LogP contribution in [0.15, 0.2) is 60.7 Å². The van der Waals surface area contributed by atoms with Crippen LogP contribution < -0.4 is 10.5 Å². The number of nitrogens with zero attached hydrogens (tertiary/aromatic N) is 4. The molecule has 252 valence electrons. The molecule has 2 unspecified atom stereocenters. The average molecular weight is 660 g/mol. The molecule has 10 heteroatoms. The van der Waals surface area contributed by atoms with Crippen molar-refractivity contribution in [3.63, 3.8) is 0 Å². The van der Waals surface area contributed by atoms with E-state index in [2.05, 4.69) is 33.4 Å². The number of piperidine rings is 1. The fraction of sp³-hybridized carbons (Fsp3) is 0.385. The molecule has 3 fully saturated rings. The molecule has 49 heavy (non-hydrogen) atoms. The maximum Gasteiger partial charge on any atom is 0.303 e. The first-order valence-electron chi connectivity index (χ1n) is 17.3. The van der Waals surface area contributed by atoms with Crippen molar-refractivity contribution >= 4 is 39.6 Å². The van der Waals surface area contributed by atoms with E-state index in [9.17, 15) is 14.4 Å². The number of Topliss-reactive ketones (excluding diaryl/α,β-unsaturated/α-hetero) is 1. The van der Waals surface area contributed by atoms with Crippen molar-refractivity contribution in [3.05, 3.63) is 71.8 Å². The Morgan fingerprint density at radius 3 is 2.39 bits per heavy atom. The van der Waals surface area contributed by atoms with E-state index in [1.54, 1.807) is 7.11 Å². The van der Waals surface area contributed by atoms with Crippen LogP contribution in [-0.4, -0.2) is 67.5 Å². The maximum absolute atomic E-state index is 13.8. The molecule has 1 aliphatic heterocycles. The van der Waals surface area contributed by atoms with E-state index in [0.29, 0.717) is 41.7 Å². The van der Waals surface area contributed by atoms with Crippen LogP contribution in [0.1, 0.15) is 65.7 Å². The van der Waals surface area contributed by atoms with Gasteiger partial charge in [0.15, 0.2) is 11.6 Å². The van der Waals surface area contributed by atoms with Crippen LogP contribution in [0.2, 0.25) is 0 Å². The van der Waals surface area contributed by atoms with Crippen LogP contribution in [0.25, 0.3) is 44.6 Å². The highest BCUT2D eigenvalue weighted by atomic mass is 16.5. The van der Waals surface area contributed by atoms with Gasteiger partial charge >= 0.3 is 5.97 Å². The standard InChI is InChI=1S/C39H41N5O5/c1-42-37-29(16-28(19-34(37)49-2)39(48)44-21-27-14-15-30(44)36(27)40)41-38(42)32-18-26-13-12-25(17-31(26)43(32)20-22-6-7-22)23-8-10-24(11-9-23)33(45)4-3-5-35(46)47/h8-13,16-19,22,27,30,36H,3-7,14-15,20-21,40H2,1-2H3,(H,46,47)/t27?,30?,36-/m1/s1. The topological polar surface area (TPSA) is 133 Å². The number of ketones is 1. The van der Waals surface area contributed by atoms with Crippen LogP contribution in [0.3, 0.4) is 0 Å². The smallest absolute Gasteiger partial charge is 0.303 e. The largest absolute Gasteiger partial charge is 0.494 e. The number of methoxy groups -OCH3 is 1. The first kappa shape index (κ1) is 31.3. The molecule has 8 rings (SSSR count). The molecule has 3 aromatic carbocycles. The molecule has 1 amide bonds. The first-order valence-corrected chi connectivity index (χ1v) is 17.3. The summed E-state index contributed by atoms with van der Waals surface area (Å²) in [7, 11) is 3.64. The number of carboxylic acid groups (broad SMARTS) is 1. The number of aryl methyl sites for hydroxylation is 1. The number of carboxylic acids is 1. The van der Waals surface area contributed by atoms with E-state index in [0.717, 1.165) is 64.0 Å². The summed E-state index contributed by atoms with van der Waals surface area (Å²) in [6.45, 7) is 1.59. The third-order valence-electron chi connectivity index (χ3n) is 10.9. The van der Waals surface area contributed by atoms with Gasteiger partial charge in [0.05, 0.1) is 18.3 Å². The zero-order chi connectivity index (χ0) is 34.0. The van der Waals surface area contributed by atoms with Crippen molar-refractivity contribution in [2.75, 3.05) is 13.7 Å². The molecule has 10 nitrogen and oxygen atoms in total. The van der Waals surface area contributed by atoms with Crippen molar-refractivity contribution < 1.29 is 24.2 Å². The summed E-state index contributed by atoms with van der Waals surface area (Å²) in [5.41, 5.74) is 13.3. The number of ether oxygens (including phenoxy) is 1. The zero-order valence-corrected chi connectivity index (χ0v) is 27.9. The second-order valence-corrected chi connectivity index (χ2v) is 14.1. The van der Waals surface area contributed by atoms with E-state index < -0.39 is 5.97 Å². The van der Waals surface area contributed by atoms with Crippen molar-refractivity contribution in [3.8, 4) is 28.4 Å². The number of nitrogens with two attached hydrogens (primary N) is 1. The molecule has 2 aliphatic carbocycles. The Bertz CT molecular complexity index is 2130. The average Bonchev–Trinajstić information content (AvgIpc) is 3.51. The van der Waals surface area contributed by atoms with E-state index in [1.165, 1.54) is 12.8 Å². The van der Waals surface area contributed by atoms with Gasteiger partial charge in [0.2, 0.25) is 0 Å². The number of aromatic nitrogens is 3. The monoisotopic (exact) mass is 659 g/mol. The van der Waals surface area contributed by atoms with Gasteiger partial charge in [-0.05, 0) is 79.3 Å². The van der Waals surface area contributed by atoms with Crippen LogP contribution >= 0.6 is 0 Å². The number of aliphatic carboxylic acids is 1. The molecule has 2 bridgehead atoms. The van der Waals surface area contributed by atoms with Gasteiger partial charge in [-0.15, -0.1) is 0 Å². The van der Waals surface area contributed by atoms with Crippen molar-refractivity contribution in [2.45, 2.75) is 63.6 Å². The number of likely N-dealkylation sites (tertiary alicyclic amines) is 1. The third-order valence-corrected chi connectivity index (χ3v) is 10.9. The Balaban J connectivity index is 1.14. The maximum atomic E-state index is 13.8. The number of carbonyl (C=O) groups is 3. The Morgan fingerprint density at radius 1 is 0.939 bits per heavy atom. The minimum absolute atomic E-state index is 0.00998. The summed E-state index contributed by atoms with van der Waals surface area (Å²) in [5.74, 6) is 1.46. The second kappa shape index (κ2) is 12.2. The molecule has 0 spiro atoms. The van der Waals surface area contributed by atoms with E-state index in [-0.39, 0.29) is 36.6 Å². The van der Waals surface area contributed by atoms with Crippen molar-refractivity contribution in [1.29, 1.82) is 0 Å². The molecular formula is C39H41N5O5. The number of rotatable bonds is 11. The molecule has 0 radical (unpaired) electrons. The fourth-order valence-corrected chi connectivity index (χ4v) is 8.03. The SMILES string of the molecule is COc1cc(C(=O)N2CC3CCC2[C@@H]3N)cc2nc(-c3cc4ccc(-c5ccc(C(=O)CCCC(=O)O)cc5)cc4n3CC3CC3)n(C)c12. The Labute approximate surface area is 284 Å². The normalized spacial score (nSPS) is 20.1. The lowest BCUT2D eigenvalue weighted by atomic mass is 10.00. The van der Waals surface area contributed by atoms with E-state index in [4.69, 9.17) is 20.6 Å². The number of imidazole rings is 1. The van der Waals surface area contributed by atoms with Gasteiger partial charge < -0.3 is 29.6 Å². The predicted molar refractivity (Wildman–Crippen MR) is 188 cm³/mol. The van der Waals surface area contributed by atoms with E-state index in [1.807, 2.05) is 48.3 Å². The third kappa shape index (κ3) is 5.57. The molecule has 2 aromatic heterocycles. The lowest BCUT2D eigenvalue weighted by Gasteiger charge is -2.27. The van der Waals surface area contributed by atoms with Crippen LogP contribution in [0.5, 0.6) is 5.75 Å². The van der Waals surface area contributed by atoms with Gasteiger partial charge in [0.25, 0.3) is 5.91 Å². The summed E-state index contributed by atoms with van der Waals surface area (Å²) in [6.07, 6.45) is 4.98. The molecule has 3 heterocycles. The van der Waals surface area contributed by atoms with E-state index >= 15 is 0 Å². The summed E-state index contributed by atoms with van der Waals surface area (Å²) in [6, 6.07) is 20.1. The van der Waals surface area contributed by atoms with Gasteiger partial charge in [-0.2, -0.15) is 0 Å². The zero-order valence-electron chi connectivity index (χ0n) is 27.9. The molecule has 1 saturated heterocycles. The van der Waals surface area contributed by atoms with Gasteiger partial charge in [-0.1, -0.05) is 36.4 Å². The lowest BCUT2D eigenvalue weighted by Crippen LogP contribution is -2.41. The van der Waals surface area contributed by atoms with Crippen LogP contribution in [-0.2, 0) is 18.4 Å². The quantitative estimate of drug-likeness (QED) is 0.160. The van der Waals surface area contributed by atoms with Gasteiger partial charge in [-0.3, -0.25) is 14.4 Å². The summed E-state index contributed by atoms with van der Waals surface area (Å²) in [5, 5.41) is 10.00. The van der Waals surface area contributed by atoms with Crippen LogP contribution in [0.4, 0.5) is 0 Å². The van der Waals surface area contributed by atoms with Crippen molar-refractivity contribution in [2.24, 2.45) is 24.6 Å². The molecule has 3 atom stereocenters. The molecular weight excluding hydrogens is 618 g/mol. The highest BCUT2D eigenvalue weighted by molar-refractivity contribution is 6.01. The fourth-order valence-electron chi connectivity index (χ4n) is 8.03. The lowest BCUT2D eigenvalue weighted by molar-refractivity contribution is -0.137. The minimum atomic E-state index is -0.889. The summed E-state index contributed by atoms with van der Waals surface area (Å²) in [4.78, 5) is 44.3. The number of hydrogen-bond acceptors (Lipinski definition) is 6. The Kier molecular flexibility index (Phi) is 7.78. The molecule has 5 aromatic rings. The number of benzene rings is 3. The highest BCUT2D eigenvalue weighted by Gasteiger charge is 2.47. The Morgan fingerprint density at radius 2 is 1.71 bits per heavy atom. The molecule has 3 aliphatic rings. The van der Waals surface area contributed by atoms with Crippen LogP contribution in [0, 0.1) is 11.8 Å². The molecule has 2 saturated carbocycles. The number of amides is 1. The Hall–Kier alpha value is -4.96. The summed E-state index contributed by atoms with van der Waals surface area (Å²) < 4.78 is 10.3. The summed E-state index contributed by atoms with van der Waals surface area (Å²) >= 11 is 0. The minimum Gasteiger partial charge on any atom is -0.494 e. The number of hydrogen-bond donors (Lipinski definition) is 2.